The first-order valence-corrected chi connectivity index (χ1v) is 9.09. The van der Waals surface area contributed by atoms with Crippen molar-refractivity contribution in [3.63, 3.8) is 0 Å². The Bertz CT molecular complexity index is 1070. The number of aryl methyl sites for hydroxylation is 1. The average molecular weight is 378 g/mol. The zero-order valence-corrected chi connectivity index (χ0v) is 15.5. The Kier molecular flexibility index (Phi) is 5.84. The summed E-state index contributed by atoms with van der Waals surface area (Å²) in [7, 11) is 0. The number of hydrogen-bond acceptors (Lipinski definition) is 5. The summed E-state index contributed by atoms with van der Waals surface area (Å²) in [5, 5.41) is 18.8. The van der Waals surface area contributed by atoms with Gasteiger partial charge in [0.25, 0.3) is 11.5 Å². The molecule has 28 heavy (non-hydrogen) atoms. The molecule has 1 aromatic heterocycles. The molecule has 0 unspecified atom stereocenters. The molecule has 0 aliphatic heterocycles. The monoisotopic (exact) mass is 378 g/mol. The predicted octanol–water partition coefficient (Wildman–Crippen LogP) is 1.49. The fourth-order valence-electron chi connectivity index (χ4n) is 2.89. The summed E-state index contributed by atoms with van der Waals surface area (Å²) in [6, 6.07) is 13.0. The Morgan fingerprint density at radius 3 is 2.39 bits per heavy atom. The van der Waals surface area contributed by atoms with Crippen molar-refractivity contribution in [3.8, 4) is 0 Å². The van der Waals surface area contributed by atoms with Crippen LogP contribution in [0.4, 0.5) is 0 Å². The lowest BCUT2D eigenvalue weighted by Crippen LogP contribution is -2.30. The second-order valence-electron chi connectivity index (χ2n) is 6.44. The van der Waals surface area contributed by atoms with Crippen molar-refractivity contribution in [2.24, 2.45) is 0 Å². The number of aromatic carboxylic acids is 1. The molecule has 3 aromatic rings. The van der Waals surface area contributed by atoms with E-state index in [0.717, 1.165) is 18.4 Å². The van der Waals surface area contributed by atoms with Gasteiger partial charge in [-0.3, -0.25) is 9.59 Å². The third-order valence-corrected chi connectivity index (χ3v) is 4.45. The highest BCUT2D eigenvalue weighted by atomic mass is 16.4. The number of carboxylic acids is 1. The van der Waals surface area contributed by atoms with E-state index < -0.39 is 11.9 Å². The molecule has 0 aliphatic carbocycles. The van der Waals surface area contributed by atoms with Gasteiger partial charge in [-0.05, 0) is 23.6 Å². The Hall–Kier alpha value is -3.48. The van der Waals surface area contributed by atoms with Crippen LogP contribution in [0.15, 0.2) is 53.3 Å². The van der Waals surface area contributed by atoms with Crippen molar-refractivity contribution in [3.05, 3.63) is 75.7 Å². The first kappa shape index (κ1) is 19.3. The second-order valence-corrected chi connectivity index (χ2v) is 6.44. The first-order chi connectivity index (χ1) is 13.5. The minimum atomic E-state index is -1.25. The molecule has 0 spiro atoms. The van der Waals surface area contributed by atoms with E-state index >= 15 is 0 Å². The topological polar surface area (TPSA) is 104 Å². The summed E-state index contributed by atoms with van der Waals surface area (Å²) in [6.07, 6.45) is 1.70. The van der Waals surface area contributed by atoms with Gasteiger partial charge < -0.3 is 15.2 Å². The van der Waals surface area contributed by atoms with Crippen molar-refractivity contribution in [1.29, 1.82) is 0 Å². The van der Waals surface area contributed by atoms with Gasteiger partial charge in [0.15, 0.2) is 5.69 Å². The number of carbonyl (C=O) groups is 2. The van der Waals surface area contributed by atoms with Gasteiger partial charge >= 0.3 is 0 Å². The fourth-order valence-corrected chi connectivity index (χ4v) is 2.89. The lowest BCUT2D eigenvalue weighted by atomic mass is 10.1. The summed E-state index contributed by atoms with van der Waals surface area (Å²) in [6.45, 7) is 2.67. The normalized spacial score (nSPS) is 10.8. The molecular weight excluding hydrogens is 358 g/mol. The van der Waals surface area contributed by atoms with E-state index in [1.54, 1.807) is 36.4 Å². The van der Waals surface area contributed by atoms with Crippen LogP contribution in [0.2, 0.25) is 0 Å². The third-order valence-electron chi connectivity index (χ3n) is 4.45. The molecule has 0 saturated carbocycles. The third kappa shape index (κ3) is 4.09. The Morgan fingerprint density at radius 2 is 1.75 bits per heavy atom. The van der Waals surface area contributed by atoms with Crippen LogP contribution in [0.1, 0.15) is 46.2 Å². The number of carbonyl (C=O) groups excluding carboxylic acids is 2. The minimum absolute atomic E-state index is 0.0748. The molecule has 3 rings (SSSR count). The summed E-state index contributed by atoms with van der Waals surface area (Å²) >= 11 is 0. The molecule has 7 heteroatoms. The number of hydrogen-bond donors (Lipinski definition) is 1. The van der Waals surface area contributed by atoms with E-state index in [4.69, 9.17) is 0 Å². The van der Waals surface area contributed by atoms with E-state index in [1.165, 1.54) is 16.8 Å². The molecular formula is C21H20N3O4-. The van der Waals surface area contributed by atoms with Crippen LogP contribution in [-0.4, -0.2) is 21.7 Å². The van der Waals surface area contributed by atoms with Crippen LogP contribution < -0.4 is 16.0 Å². The largest absolute Gasteiger partial charge is 0.545 e. The van der Waals surface area contributed by atoms with Gasteiger partial charge in [-0.15, -0.1) is 0 Å². The first-order valence-electron chi connectivity index (χ1n) is 9.09. The predicted molar refractivity (Wildman–Crippen MR) is 103 cm³/mol. The van der Waals surface area contributed by atoms with E-state index in [0.29, 0.717) is 17.3 Å². The Labute approximate surface area is 161 Å². The van der Waals surface area contributed by atoms with Crippen LogP contribution in [0.25, 0.3) is 10.8 Å². The lowest BCUT2D eigenvalue weighted by molar-refractivity contribution is -0.255. The summed E-state index contributed by atoms with van der Waals surface area (Å²) in [5.74, 6) is -1.65. The van der Waals surface area contributed by atoms with E-state index in [9.17, 15) is 19.5 Å². The van der Waals surface area contributed by atoms with Crippen molar-refractivity contribution >= 4 is 22.6 Å². The van der Waals surface area contributed by atoms with Crippen LogP contribution in [0.5, 0.6) is 0 Å². The standard InChI is InChI=1S/C21H21N3O4/c1-2-3-12-24-20(26)17-7-5-4-6-16(17)18(23-24)19(25)22-13-14-8-10-15(11-9-14)21(27)28/h4-11H,2-3,12-13H2,1H3,(H,22,25)(H,27,28)/p-1. The maximum atomic E-state index is 12.8. The minimum Gasteiger partial charge on any atom is -0.545 e. The number of unbranched alkanes of at least 4 members (excludes halogenated alkanes) is 1. The average Bonchev–Trinajstić information content (AvgIpc) is 2.72. The van der Waals surface area contributed by atoms with Gasteiger partial charge in [0, 0.05) is 18.5 Å². The molecule has 0 saturated heterocycles. The van der Waals surface area contributed by atoms with Gasteiger partial charge in [-0.2, -0.15) is 5.10 Å². The molecule has 0 radical (unpaired) electrons. The number of carboxylic acid groups (broad SMARTS) is 1. The highest BCUT2D eigenvalue weighted by Crippen LogP contribution is 2.14. The summed E-state index contributed by atoms with van der Waals surface area (Å²) in [4.78, 5) is 36.1. The zero-order valence-electron chi connectivity index (χ0n) is 15.5. The number of aromatic nitrogens is 2. The van der Waals surface area contributed by atoms with Crippen LogP contribution in [-0.2, 0) is 13.1 Å². The Balaban J connectivity index is 1.87. The van der Waals surface area contributed by atoms with Crippen molar-refractivity contribution in [2.75, 3.05) is 0 Å². The van der Waals surface area contributed by atoms with E-state index in [1.807, 2.05) is 6.92 Å². The van der Waals surface area contributed by atoms with Gasteiger partial charge in [0.1, 0.15) is 0 Å². The lowest BCUT2D eigenvalue weighted by Gasteiger charge is -2.11. The van der Waals surface area contributed by atoms with Crippen molar-refractivity contribution in [2.45, 2.75) is 32.9 Å². The highest BCUT2D eigenvalue weighted by Gasteiger charge is 2.16. The van der Waals surface area contributed by atoms with E-state index in [2.05, 4.69) is 10.4 Å². The number of nitrogens with one attached hydrogen (secondary N) is 1. The summed E-state index contributed by atoms with van der Waals surface area (Å²) in [5.41, 5.74) is 0.795. The zero-order chi connectivity index (χ0) is 20.1. The molecule has 1 amide bonds. The van der Waals surface area contributed by atoms with Gasteiger partial charge in [0.05, 0.1) is 11.4 Å². The van der Waals surface area contributed by atoms with Crippen LogP contribution >= 0.6 is 0 Å². The van der Waals surface area contributed by atoms with Gasteiger partial charge in [-0.1, -0.05) is 55.8 Å². The van der Waals surface area contributed by atoms with Crippen LogP contribution in [0, 0.1) is 0 Å². The smallest absolute Gasteiger partial charge is 0.274 e. The second kappa shape index (κ2) is 8.47. The van der Waals surface area contributed by atoms with Crippen LogP contribution in [0.3, 0.4) is 0 Å². The Morgan fingerprint density at radius 1 is 1.07 bits per heavy atom. The number of rotatable bonds is 7. The highest BCUT2D eigenvalue weighted by molar-refractivity contribution is 6.04. The summed E-state index contributed by atoms with van der Waals surface area (Å²) < 4.78 is 1.34. The SMILES string of the molecule is CCCCn1nc(C(=O)NCc2ccc(C(=O)[O-])cc2)c2ccccc2c1=O. The quantitative estimate of drug-likeness (QED) is 0.671. The number of nitrogens with zero attached hydrogens (tertiary/aromatic N) is 2. The van der Waals surface area contributed by atoms with Gasteiger partial charge in [-0.25, -0.2) is 4.68 Å². The maximum Gasteiger partial charge on any atom is 0.274 e. The molecule has 0 bridgehead atoms. The van der Waals surface area contributed by atoms with Crippen molar-refractivity contribution in [1.82, 2.24) is 15.1 Å². The molecule has 0 atom stereocenters. The number of benzene rings is 2. The van der Waals surface area contributed by atoms with E-state index in [-0.39, 0.29) is 23.4 Å². The fraction of sp³-hybridized carbons (Fsp3) is 0.238. The molecule has 144 valence electrons. The van der Waals surface area contributed by atoms with Crippen molar-refractivity contribution < 1.29 is 14.7 Å². The molecule has 1 N–H and O–H groups in total. The molecule has 1 heterocycles. The molecule has 0 fully saturated rings. The molecule has 2 aromatic carbocycles. The number of amides is 1. The molecule has 7 nitrogen and oxygen atoms in total. The molecule has 0 aliphatic rings. The number of fused-ring (bicyclic) bond motifs is 1. The maximum absolute atomic E-state index is 12.8. The van der Waals surface area contributed by atoms with Gasteiger partial charge in [0.2, 0.25) is 0 Å².